The number of esters is 1. The van der Waals surface area contributed by atoms with Crippen molar-refractivity contribution >= 4 is 23.0 Å². The summed E-state index contributed by atoms with van der Waals surface area (Å²) in [5.74, 6) is -0.811. The molecule has 0 bridgehead atoms. The molecule has 1 aromatic carbocycles. The van der Waals surface area contributed by atoms with E-state index in [-0.39, 0.29) is 11.3 Å². The minimum atomic E-state index is -0.811. The molecule has 1 rings (SSSR count). The van der Waals surface area contributed by atoms with Gasteiger partial charge in [0.2, 0.25) is 0 Å². The van der Waals surface area contributed by atoms with Gasteiger partial charge in [-0.2, -0.15) is 0 Å². The zero-order valence-electron chi connectivity index (χ0n) is 15.6. The van der Waals surface area contributed by atoms with Gasteiger partial charge in [-0.15, -0.1) is 0 Å². The number of carbonyl (C=O) groups is 1. The van der Waals surface area contributed by atoms with E-state index in [0.29, 0.717) is 32.4 Å². The van der Waals surface area contributed by atoms with Crippen LogP contribution in [0.5, 0.6) is 0 Å². The highest BCUT2D eigenvalue weighted by Gasteiger charge is 2.32. The van der Waals surface area contributed by atoms with Crippen LogP contribution in [-0.4, -0.2) is 35.0 Å². The largest absolute Gasteiger partial charge is 0.459 e. The van der Waals surface area contributed by atoms with E-state index in [1.165, 1.54) is 0 Å². The number of nitro benzene ring substituents is 2. The Hall–Kier alpha value is -2.71. The molecule has 0 N–H and O–H groups in total. The lowest BCUT2D eigenvalue weighted by Gasteiger charge is -2.23. The fourth-order valence-corrected chi connectivity index (χ4v) is 2.53. The summed E-state index contributed by atoms with van der Waals surface area (Å²) in [7, 11) is 0. The van der Waals surface area contributed by atoms with Crippen molar-refractivity contribution in [2.45, 2.75) is 53.1 Å². The van der Waals surface area contributed by atoms with E-state index in [0.717, 1.165) is 12.1 Å². The molecule has 1 unspecified atom stereocenters. The van der Waals surface area contributed by atoms with Crippen LogP contribution in [0.25, 0.3) is 0 Å². The van der Waals surface area contributed by atoms with E-state index in [1.54, 1.807) is 11.8 Å². The summed E-state index contributed by atoms with van der Waals surface area (Å²) >= 11 is 0. The van der Waals surface area contributed by atoms with Crippen molar-refractivity contribution in [3.05, 3.63) is 37.9 Å². The summed E-state index contributed by atoms with van der Waals surface area (Å²) in [5.41, 5.74) is -1.18. The van der Waals surface area contributed by atoms with Crippen LogP contribution in [0.15, 0.2) is 12.1 Å². The highest BCUT2D eigenvalue weighted by atomic mass is 16.6. The smallest absolute Gasteiger partial charge is 0.338 e. The third-order valence-electron chi connectivity index (χ3n) is 3.89. The molecule has 1 aromatic rings. The zero-order chi connectivity index (χ0) is 19.9. The van der Waals surface area contributed by atoms with Gasteiger partial charge >= 0.3 is 17.3 Å². The predicted molar refractivity (Wildman–Crippen MR) is 97.7 cm³/mol. The van der Waals surface area contributed by atoms with Crippen LogP contribution in [-0.2, 0) is 4.74 Å². The monoisotopic (exact) mass is 367 g/mol. The van der Waals surface area contributed by atoms with E-state index in [4.69, 9.17) is 4.74 Å². The van der Waals surface area contributed by atoms with E-state index >= 15 is 0 Å². The number of carbonyl (C=O) groups excluding carboxylic acids is 1. The average Bonchev–Trinajstić information content (AvgIpc) is 2.59. The summed E-state index contributed by atoms with van der Waals surface area (Å²) in [6, 6.07) is 2.12. The van der Waals surface area contributed by atoms with E-state index in [2.05, 4.69) is 0 Å². The van der Waals surface area contributed by atoms with Crippen LogP contribution in [0.3, 0.4) is 0 Å². The van der Waals surface area contributed by atoms with E-state index < -0.39 is 33.3 Å². The van der Waals surface area contributed by atoms with Gasteiger partial charge in [-0.25, -0.2) is 4.79 Å². The molecule has 0 aliphatic heterocycles. The lowest BCUT2D eigenvalue weighted by Crippen LogP contribution is -2.27. The second kappa shape index (κ2) is 9.69. The van der Waals surface area contributed by atoms with Crippen molar-refractivity contribution < 1.29 is 19.4 Å². The fourth-order valence-electron chi connectivity index (χ4n) is 2.53. The van der Waals surface area contributed by atoms with Crippen molar-refractivity contribution in [3.8, 4) is 0 Å². The van der Waals surface area contributed by atoms with Gasteiger partial charge in [0, 0.05) is 25.2 Å². The third kappa shape index (κ3) is 5.14. The Bertz CT molecular complexity index is 635. The topological polar surface area (TPSA) is 116 Å². The molecule has 0 saturated carbocycles. The number of anilines is 1. The summed E-state index contributed by atoms with van der Waals surface area (Å²) in [6.07, 6.45) is 1.52. The van der Waals surface area contributed by atoms with Crippen LogP contribution < -0.4 is 4.90 Å². The molecule has 0 aliphatic rings. The molecule has 0 amide bonds. The van der Waals surface area contributed by atoms with Crippen molar-refractivity contribution in [2.24, 2.45) is 0 Å². The Kier molecular flexibility index (Phi) is 7.95. The molecule has 1 atom stereocenters. The van der Waals surface area contributed by atoms with E-state index in [9.17, 15) is 25.0 Å². The third-order valence-corrected chi connectivity index (χ3v) is 3.89. The molecular formula is C17H25N3O6. The Labute approximate surface area is 152 Å². The van der Waals surface area contributed by atoms with Gasteiger partial charge in [-0.3, -0.25) is 20.2 Å². The first-order valence-electron chi connectivity index (χ1n) is 8.69. The van der Waals surface area contributed by atoms with Crippen LogP contribution in [0.1, 0.15) is 57.3 Å². The van der Waals surface area contributed by atoms with Crippen molar-refractivity contribution in [3.63, 3.8) is 0 Å². The van der Waals surface area contributed by atoms with Gasteiger partial charge in [0.15, 0.2) is 5.69 Å². The first-order chi connectivity index (χ1) is 12.3. The normalized spacial score (nSPS) is 11.7. The highest BCUT2D eigenvalue weighted by Crippen LogP contribution is 2.39. The Balaban J connectivity index is 3.56. The molecule has 0 saturated heterocycles. The number of nitro groups is 2. The lowest BCUT2D eigenvalue weighted by molar-refractivity contribution is -0.392. The maximum absolute atomic E-state index is 12.2. The maximum atomic E-state index is 12.2. The van der Waals surface area contributed by atoms with Gasteiger partial charge in [-0.05, 0) is 26.2 Å². The van der Waals surface area contributed by atoms with Crippen LogP contribution in [0.4, 0.5) is 17.1 Å². The number of ether oxygens (including phenoxy) is 1. The minimum Gasteiger partial charge on any atom is -0.459 e. The summed E-state index contributed by atoms with van der Waals surface area (Å²) in [5, 5.41) is 23.1. The number of nitrogens with zero attached hydrogens (tertiary/aromatic N) is 3. The second-order valence-electron chi connectivity index (χ2n) is 5.99. The molecular weight excluding hydrogens is 342 g/mol. The SMILES string of the molecule is CCCN(CCC)c1c([N+](=O)[O-])cc(C(=O)OC(C)CC)cc1[N+](=O)[O-]. The minimum absolute atomic E-state index is 0.0659. The molecule has 0 radical (unpaired) electrons. The van der Waals surface area contributed by atoms with Crippen LogP contribution >= 0.6 is 0 Å². The standard InChI is InChI=1S/C17H25N3O6/c1-5-8-18(9-6-2)16-14(19(22)23)10-13(11-15(16)20(24)25)17(21)26-12(4)7-3/h10-12H,5-9H2,1-4H3. The maximum Gasteiger partial charge on any atom is 0.338 e. The molecule has 0 aliphatic carbocycles. The van der Waals surface area contributed by atoms with Crippen LogP contribution in [0, 0.1) is 20.2 Å². The molecule has 0 heterocycles. The molecule has 26 heavy (non-hydrogen) atoms. The number of benzene rings is 1. The number of hydrogen-bond acceptors (Lipinski definition) is 7. The van der Waals surface area contributed by atoms with Gasteiger partial charge in [0.05, 0.1) is 21.5 Å². The average molecular weight is 367 g/mol. The fraction of sp³-hybridized carbons (Fsp3) is 0.588. The highest BCUT2D eigenvalue weighted by molar-refractivity contribution is 5.94. The van der Waals surface area contributed by atoms with Crippen molar-refractivity contribution in [2.75, 3.05) is 18.0 Å². The molecule has 144 valence electrons. The van der Waals surface area contributed by atoms with Gasteiger partial charge in [0.25, 0.3) is 0 Å². The number of rotatable bonds is 10. The second-order valence-corrected chi connectivity index (χ2v) is 5.99. The Morgan fingerprint density at radius 2 is 1.54 bits per heavy atom. The van der Waals surface area contributed by atoms with Crippen molar-refractivity contribution in [1.82, 2.24) is 0 Å². The molecule has 0 aromatic heterocycles. The molecule has 0 spiro atoms. The van der Waals surface area contributed by atoms with Gasteiger partial charge in [-0.1, -0.05) is 20.8 Å². The first kappa shape index (κ1) is 21.3. The number of hydrogen-bond donors (Lipinski definition) is 0. The summed E-state index contributed by atoms with van der Waals surface area (Å²) < 4.78 is 5.15. The Morgan fingerprint density at radius 1 is 1.08 bits per heavy atom. The Morgan fingerprint density at radius 3 is 1.88 bits per heavy atom. The van der Waals surface area contributed by atoms with E-state index in [1.807, 2.05) is 20.8 Å². The molecule has 9 nitrogen and oxygen atoms in total. The van der Waals surface area contributed by atoms with Gasteiger partial charge in [0.1, 0.15) is 0 Å². The quantitative estimate of drug-likeness (QED) is 0.347. The first-order valence-corrected chi connectivity index (χ1v) is 8.69. The van der Waals surface area contributed by atoms with Gasteiger partial charge < -0.3 is 9.64 Å². The summed E-state index contributed by atoms with van der Waals surface area (Å²) in [4.78, 5) is 35.6. The molecule has 9 heteroatoms. The predicted octanol–water partition coefficient (Wildman–Crippen LogP) is 4.08. The molecule has 0 fully saturated rings. The lowest BCUT2D eigenvalue weighted by atomic mass is 10.1. The summed E-state index contributed by atoms with van der Waals surface area (Å²) in [6.45, 7) is 8.15. The van der Waals surface area contributed by atoms with Crippen LogP contribution in [0.2, 0.25) is 0 Å². The zero-order valence-corrected chi connectivity index (χ0v) is 15.6. The van der Waals surface area contributed by atoms with Crippen molar-refractivity contribution in [1.29, 1.82) is 0 Å².